The van der Waals surface area contributed by atoms with E-state index in [2.05, 4.69) is 12.1 Å². The molecule has 4 heteroatoms. The molecule has 2 aromatic carbocycles. The number of hydrogen-bond acceptors (Lipinski definition) is 2. The van der Waals surface area contributed by atoms with Gasteiger partial charge in [0, 0.05) is 44.2 Å². The Kier molecular flexibility index (Phi) is 6.70. The molecule has 1 heterocycles. The van der Waals surface area contributed by atoms with E-state index < -0.39 is 0 Å². The van der Waals surface area contributed by atoms with Gasteiger partial charge < -0.3 is 9.64 Å². The number of piperidine rings is 1. The van der Waals surface area contributed by atoms with E-state index >= 15 is 0 Å². The third kappa shape index (κ3) is 4.66. The lowest BCUT2D eigenvalue weighted by atomic mass is 9.87. The van der Waals surface area contributed by atoms with Crippen LogP contribution in [0.1, 0.15) is 36.3 Å². The van der Waals surface area contributed by atoms with Gasteiger partial charge in [-0.15, -0.1) is 0 Å². The van der Waals surface area contributed by atoms with Crippen LogP contribution in [0.3, 0.4) is 0 Å². The molecule has 138 valence electrons. The molecule has 0 unspecified atom stereocenters. The first-order chi connectivity index (χ1) is 12.7. The molecule has 1 aliphatic rings. The van der Waals surface area contributed by atoms with E-state index in [9.17, 15) is 4.79 Å². The minimum atomic E-state index is -0.0194. The minimum Gasteiger partial charge on any atom is -0.384 e. The summed E-state index contributed by atoms with van der Waals surface area (Å²) in [7, 11) is 1.74. The summed E-state index contributed by atoms with van der Waals surface area (Å²) in [6.07, 6.45) is 2.48. The quantitative estimate of drug-likeness (QED) is 0.733. The van der Waals surface area contributed by atoms with E-state index in [0.717, 1.165) is 43.7 Å². The van der Waals surface area contributed by atoms with E-state index in [1.54, 1.807) is 7.11 Å². The molecule has 0 aromatic heterocycles. The number of halogens is 1. The van der Waals surface area contributed by atoms with E-state index in [0.29, 0.717) is 17.4 Å². The van der Waals surface area contributed by atoms with Crippen molar-refractivity contribution in [1.29, 1.82) is 0 Å². The standard InChI is InChI=1S/C22H26ClNO2/c1-26-16-17-11-13-24(14-12-17)22(25)15-20(18-7-3-2-4-8-18)19-9-5-6-10-21(19)23/h2-10,17,20H,11-16H2,1H3/t20-/m1/s1. The molecule has 26 heavy (non-hydrogen) atoms. The van der Waals surface area contributed by atoms with Gasteiger partial charge >= 0.3 is 0 Å². The molecule has 0 saturated carbocycles. The second-order valence-electron chi connectivity index (χ2n) is 6.97. The predicted molar refractivity (Wildman–Crippen MR) is 106 cm³/mol. The zero-order valence-corrected chi connectivity index (χ0v) is 16.0. The first-order valence-corrected chi connectivity index (χ1v) is 9.63. The van der Waals surface area contributed by atoms with Crippen LogP contribution in [0.5, 0.6) is 0 Å². The summed E-state index contributed by atoms with van der Waals surface area (Å²) < 4.78 is 5.25. The number of hydrogen-bond donors (Lipinski definition) is 0. The van der Waals surface area contributed by atoms with Crippen LogP contribution in [-0.4, -0.2) is 37.6 Å². The first-order valence-electron chi connectivity index (χ1n) is 9.25. The van der Waals surface area contributed by atoms with Gasteiger partial charge in [0.1, 0.15) is 0 Å². The van der Waals surface area contributed by atoms with Crippen LogP contribution in [0.15, 0.2) is 54.6 Å². The molecule has 1 atom stereocenters. The van der Waals surface area contributed by atoms with Gasteiger partial charge in [0.25, 0.3) is 0 Å². The molecule has 3 nitrogen and oxygen atoms in total. The van der Waals surface area contributed by atoms with Gasteiger partial charge in [0.05, 0.1) is 0 Å². The van der Waals surface area contributed by atoms with Gasteiger partial charge in [0.15, 0.2) is 0 Å². The number of carbonyl (C=O) groups is 1. The van der Waals surface area contributed by atoms with Gasteiger partial charge in [-0.3, -0.25) is 4.79 Å². The van der Waals surface area contributed by atoms with Gasteiger partial charge in [0.2, 0.25) is 5.91 Å². The number of benzene rings is 2. The second kappa shape index (κ2) is 9.20. The van der Waals surface area contributed by atoms with Crippen molar-refractivity contribution < 1.29 is 9.53 Å². The van der Waals surface area contributed by atoms with Crippen LogP contribution >= 0.6 is 11.6 Å². The molecule has 3 rings (SSSR count). The Bertz CT molecular complexity index is 711. The molecule has 1 amide bonds. The minimum absolute atomic E-state index is 0.0194. The average molecular weight is 372 g/mol. The normalized spacial score (nSPS) is 16.5. The molecular weight excluding hydrogens is 346 g/mol. The predicted octanol–water partition coefficient (Wildman–Crippen LogP) is 4.75. The highest BCUT2D eigenvalue weighted by atomic mass is 35.5. The lowest BCUT2D eigenvalue weighted by molar-refractivity contribution is -0.133. The molecular formula is C22H26ClNO2. The van der Waals surface area contributed by atoms with Crippen LogP contribution in [0.4, 0.5) is 0 Å². The lowest BCUT2D eigenvalue weighted by Gasteiger charge is -2.33. The number of likely N-dealkylation sites (tertiary alicyclic amines) is 1. The highest BCUT2D eigenvalue weighted by molar-refractivity contribution is 6.31. The summed E-state index contributed by atoms with van der Waals surface area (Å²) in [5, 5.41) is 0.716. The highest BCUT2D eigenvalue weighted by Gasteiger charge is 2.26. The van der Waals surface area contributed by atoms with Gasteiger partial charge in [-0.1, -0.05) is 60.1 Å². The summed E-state index contributed by atoms with van der Waals surface area (Å²) in [6.45, 7) is 2.42. The molecule has 1 aliphatic heterocycles. The number of nitrogens with zero attached hydrogens (tertiary/aromatic N) is 1. The summed E-state index contributed by atoms with van der Waals surface area (Å²) >= 11 is 6.45. The Hall–Kier alpha value is -1.84. The maximum atomic E-state index is 13.0. The molecule has 1 saturated heterocycles. The average Bonchev–Trinajstić information content (AvgIpc) is 2.68. The number of amides is 1. The van der Waals surface area contributed by atoms with E-state index in [-0.39, 0.29) is 11.8 Å². The maximum Gasteiger partial charge on any atom is 0.223 e. The van der Waals surface area contributed by atoms with Crippen molar-refractivity contribution in [1.82, 2.24) is 4.90 Å². The Labute approximate surface area is 160 Å². The fraction of sp³-hybridized carbons (Fsp3) is 0.409. The van der Waals surface area contributed by atoms with Crippen LogP contribution in [-0.2, 0) is 9.53 Å². The van der Waals surface area contributed by atoms with Crippen molar-refractivity contribution in [3.8, 4) is 0 Å². The second-order valence-corrected chi connectivity index (χ2v) is 7.38. The summed E-state index contributed by atoms with van der Waals surface area (Å²) in [5.41, 5.74) is 2.14. The maximum absolute atomic E-state index is 13.0. The third-order valence-electron chi connectivity index (χ3n) is 5.23. The molecule has 2 aromatic rings. The van der Waals surface area contributed by atoms with Gasteiger partial charge in [-0.2, -0.15) is 0 Å². The van der Waals surface area contributed by atoms with Crippen molar-refractivity contribution in [2.45, 2.75) is 25.2 Å². The van der Waals surface area contributed by atoms with Crippen LogP contribution in [0.2, 0.25) is 5.02 Å². The Morgan fingerprint density at radius 2 is 1.77 bits per heavy atom. The Morgan fingerprint density at radius 1 is 1.12 bits per heavy atom. The molecule has 0 N–H and O–H groups in total. The summed E-state index contributed by atoms with van der Waals surface area (Å²) in [4.78, 5) is 15.0. The largest absolute Gasteiger partial charge is 0.384 e. The fourth-order valence-corrected chi connectivity index (χ4v) is 4.01. The van der Waals surface area contributed by atoms with Gasteiger partial charge in [-0.25, -0.2) is 0 Å². The van der Waals surface area contributed by atoms with Crippen molar-refractivity contribution in [2.75, 3.05) is 26.8 Å². The van der Waals surface area contributed by atoms with Crippen molar-refractivity contribution in [3.05, 3.63) is 70.7 Å². The first kappa shape index (κ1) is 18.9. The Morgan fingerprint density at radius 3 is 2.42 bits per heavy atom. The van der Waals surface area contributed by atoms with Gasteiger partial charge in [-0.05, 0) is 36.0 Å². The zero-order chi connectivity index (χ0) is 18.4. The van der Waals surface area contributed by atoms with Crippen molar-refractivity contribution >= 4 is 17.5 Å². The zero-order valence-electron chi connectivity index (χ0n) is 15.2. The van der Waals surface area contributed by atoms with Crippen LogP contribution < -0.4 is 0 Å². The van der Waals surface area contributed by atoms with E-state index in [1.807, 2.05) is 47.4 Å². The number of ether oxygens (including phenoxy) is 1. The smallest absolute Gasteiger partial charge is 0.223 e. The van der Waals surface area contributed by atoms with Crippen molar-refractivity contribution in [2.24, 2.45) is 5.92 Å². The molecule has 0 aliphatic carbocycles. The SMILES string of the molecule is COCC1CCN(C(=O)C[C@H](c2ccccc2)c2ccccc2Cl)CC1. The molecule has 0 radical (unpaired) electrons. The van der Waals surface area contributed by atoms with E-state index in [1.165, 1.54) is 0 Å². The third-order valence-corrected chi connectivity index (χ3v) is 5.58. The number of rotatable bonds is 6. The topological polar surface area (TPSA) is 29.5 Å². The van der Waals surface area contributed by atoms with Crippen molar-refractivity contribution in [3.63, 3.8) is 0 Å². The number of carbonyl (C=O) groups excluding carboxylic acids is 1. The molecule has 0 bridgehead atoms. The van der Waals surface area contributed by atoms with E-state index in [4.69, 9.17) is 16.3 Å². The summed E-state index contributed by atoms with van der Waals surface area (Å²) in [5.74, 6) is 0.751. The fourth-order valence-electron chi connectivity index (χ4n) is 3.74. The number of methoxy groups -OCH3 is 1. The summed E-state index contributed by atoms with van der Waals surface area (Å²) in [6, 6.07) is 18.0. The van der Waals surface area contributed by atoms with Crippen LogP contribution in [0, 0.1) is 5.92 Å². The molecule has 0 spiro atoms. The highest BCUT2D eigenvalue weighted by Crippen LogP contribution is 2.33. The molecule has 1 fully saturated rings. The van der Waals surface area contributed by atoms with Crippen LogP contribution in [0.25, 0.3) is 0 Å². The lowest BCUT2D eigenvalue weighted by Crippen LogP contribution is -2.40. The monoisotopic (exact) mass is 371 g/mol. The Balaban J connectivity index is 1.74.